The molecule has 4 heteroatoms. The van der Waals surface area contributed by atoms with Crippen molar-refractivity contribution in [2.75, 3.05) is 13.1 Å². The predicted octanol–water partition coefficient (Wildman–Crippen LogP) is 1.38. The summed E-state index contributed by atoms with van der Waals surface area (Å²) in [4.78, 5) is 11.2. The van der Waals surface area contributed by atoms with Crippen LogP contribution in [0.3, 0.4) is 0 Å². The number of nitrogens with two attached hydrogens (primary N) is 1. The summed E-state index contributed by atoms with van der Waals surface area (Å²) in [6, 6.07) is 7.87. The zero-order valence-electron chi connectivity index (χ0n) is 8.24. The third-order valence-electron chi connectivity index (χ3n) is 1.76. The van der Waals surface area contributed by atoms with Gasteiger partial charge in [0.25, 0.3) is 0 Å². The van der Waals surface area contributed by atoms with E-state index in [1.807, 2.05) is 24.3 Å². The molecule has 0 unspecified atom stereocenters. The van der Waals surface area contributed by atoms with Crippen LogP contribution in [-0.2, 0) is 4.79 Å². The van der Waals surface area contributed by atoms with E-state index in [9.17, 15) is 4.79 Å². The van der Waals surface area contributed by atoms with Crippen molar-refractivity contribution in [1.82, 2.24) is 5.32 Å². The van der Waals surface area contributed by atoms with Crippen molar-refractivity contribution in [3.63, 3.8) is 0 Å². The van der Waals surface area contributed by atoms with Crippen LogP contribution in [0.4, 0.5) is 0 Å². The first kappa shape index (κ1) is 12.2. The molecule has 1 aromatic carbocycles. The van der Waals surface area contributed by atoms with Gasteiger partial charge < -0.3 is 11.1 Å². The molecule has 0 fully saturated rings. The van der Waals surface area contributed by atoms with E-state index in [0.29, 0.717) is 13.1 Å². The fraction of sp³-hybridized carbons (Fsp3) is 0.182. The van der Waals surface area contributed by atoms with E-state index < -0.39 is 0 Å². The molecule has 0 heterocycles. The Bertz CT molecular complexity index is 363. The first-order valence-corrected chi connectivity index (χ1v) is 5.72. The van der Waals surface area contributed by atoms with Gasteiger partial charge in [-0.05, 0) is 40.3 Å². The molecule has 3 nitrogen and oxygen atoms in total. The van der Waals surface area contributed by atoms with Crippen LogP contribution in [0.5, 0.6) is 0 Å². The maximum absolute atomic E-state index is 11.2. The number of carbonyl (C=O) groups is 1. The number of hydrogen-bond acceptors (Lipinski definition) is 2. The maximum Gasteiger partial charge on any atom is 0.244 e. The van der Waals surface area contributed by atoms with Crippen molar-refractivity contribution >= 4 is 34.6 Å². The van der Waals surface area contributed by atoms with E-state index in [4.69, 9.17) is 5.73 Å². The van der Waals surface area contributed by atoms with Crippen LogP contribution in [0, 0.1) is 3.57 Å². The summed E-state index contributed by atoms with van der Waals surface area (Å²) in [5.41, 5.74) is 6.31. The highest BCUT2D eigenvalue weighted by Crippen LogP contribution is 2.12. The quantitative estimate of drug-likeness (QED) is 0.651. The molecular weight excluding hydrogens is 303 g/mol. The van der Waals surface area contributed by atoms with Gasteiger partial charge in [0, 0.05) is 22.7 Å². The number of benzene rings is 1. The zero-order valence-corrected chi connectivity index (χ0v) is 10.4. The Hall–Kier alpha value is -0.880. The Morgan fingerprint density at radius 2 is 2.20 bits per heavy atom. The number of carbonyl (C=O) groups excluding carboxylic acids is 1. The van der Waals surface area contributed by atoms with Gasteiger partial charge in [-0.3, -0.25) is 4.79 Å². The van der Waals surface area contributed by atoms with E-state index in [1.54, 1.807) is 6.08 Å². The second kappa shape index (κ2) is 6.58. The van der Waals surface area contributed by atoms with Crippen molar-refractivity contribution < 1.29 is 4.79 Å². The second-order valence-electron chi connectivity index (χ2n) is 2.93. The third-order valence-corrected chi connectivity index (χ3v) is 2.75. The van der Waals surface area contributed by atoms with Gasteiger partial charge >= 0.3 is 0 Å². The second-order valence-corrected chi connectivity index (χ2v) is 4.10. The molecule has 15 heavy (non-hydrogen) atoms. The lowest BCUT2D eigenvalue weighted by molar-refractivity contribution is -0.116. The molecule has 0 spiro atoms. The van der Waals surface area contributed by atoms with Crippen LogP contribution < -0.4 is 11.1 Å². The molecule has 0 atom stereocenters. The highest BCUT2D eigenvalue weighted by Gasteiger charge is 1.95. The van der Waals surface area contributed by atoms with Gasteiger partial charge in [-0.25, -0.2) is 0 Å². The van der Waals surface area contributed by atoms with Gasteiger partial charge in [0.05, 0.1) is 0 Å². The highest BCUT2D eigenvalue weighted by atomic mass is 127. The third kappa shape index (κ3) is 4.44. The van der Waals surface area contributed by atoms with E-state index in [2.05, 4.69) is 27.9 Å². The molecule has 0 bridgehead atoms. The van der Waals surface area contributed by atoms with Gasteiger partial charge in [-0.15, -0.1) is 0 Å². The molecule has 0 saturated carbocycles. The normalized spacial score (nSPS) is 10.5. The smallest absolute Gasteiger partial charge is 0.244 e. The van der Waals surface area contributed by atoms with Crippen molar-refractivity contribution in [2.45, 2.75) is 0 Å². The molecule has 3 N–H and O–H groups in total. The van der Waals surface area contributed by atoms with E-state index >= 15 is 0 Å². The van der Waals surface area contributed by atoms with E-state index in [0.717, 1.165) is 9.13 Å². The lowest BCUT2D eigenvalue weighted by atomic mass is 10.2. The molecule has 80 valence electrons. The average molecular weight is 316 g/mol. The minimum absolute atomic E-state index is 0.111. The van der Waals surface area contributed by atoms with Crippen molar-refractivity contribution in [2.24, 2.45) is 5.73 Å². The Balaban J connectivity index is 2.58. The predicted molar refractivity (Wildman–Crippen MR) is 70.3 cm³/mol. The fourth-order valence-electron chi connectivity index (χ4n) is 1.03. The molecule has 0 aliphatic carbocycles. The molecule has 1 rings (SSSR count). The standard InChI is InChI=1S/C11H13IN2O/c12-10-4-2-1-3-9(10)5-6-11(15)14-8-7-13/h1-6H,7-8,13H2,(H,14,15)/b6-5+. The van der Waals surface area contributed by atoms with Gasteiger partial charge in [0.2, 0.25) is 5.91 Å². The fourth-order valence-corrected chi connectivity index (χ4v) is 1.60. The number of amides is 1. The summed E-state index contributed by atoms with van der Waals surface area (Å²) < 4.78 is 1.12. The summed E-state index contributed by atoms with van der Waals surface area (Å²) in [5, 5.41) is 2.67. The summed E-state index contributed by atoms with van der Waals surface area (Å²) in [7, 11) is 0. The molecule has 1 amide bonds. The maximum atomic E-state index is 11.2. The van der Waals surface area contributed by atoms with Crippen LogP contribution in [0.25, 0.3) is 6.08 Å². The van der Waals surface area contributed by atoms with Crippen molar-refractivity contribution in [3.8, 4) is 0 Å². The van der Waals surface area contributed by atoms with Gasteiger partial charge in [-0.2, -0.15) is 0 Å². The van der Waals surface area contributed by atoms with Crippen molar-refractivity contribution in [1.29, 1.82) is 0 Å². The van der Waals surface area contributed by atoms with Crippen LogP contribution in [-0.4, -0.2) is 19.0 Å². The Morgan fingerprint density at radius 1 is 1.47 bits per heavy atom. The monoisotopic (exact) mass is 316 g/mol. The molecule has 0 aromatic heterocycles. The number of halogens is 1. The first-order chi connectivity index (χ1) is 7.24. The molecule has 0 aliphatic heterocycles. The van der Waals surface area contributed by atoms with Gasteiger partial charge in [0.1, 0.15) is 0 Å². The summed E-state index contributed by atoms with van der Waals surface area (Å²) >= 11 is 2.23. The molecule has 1 aromatic rings. The van der Waals surface area contributed by atoms with Gasteiger partial charge in [0.15, 0.2) is 0 Å². The average Bonchev–Trinajstić information content (AvgIpc) is 2.25. The largest absolute Gasteiger partial charge is 0.351 e. The van der Waals surface area contributed by atoms with Crippen LogP contribution in [0.2, 0.25) is 0 Å². The lowest BCUT2D eigenvalue weighted by Crippen LogP contribution is -2.27. The molecular formula is C11H13IN2O. The van der Waals surface area contributed by atoms with Crippen LogP contribution in [0.1, 0.15) is 5.56 Å². The summed E-state index contributed by atoms with van der Waals surface area (Å²) in [6.45, 7) is 0.970. The Morgan fingerprint density at radius 3 is 2.87 bits per heavy atom. The first-order valence-electron chi connectivity index (χ1n) is 4.64. The Kier molecular flexibility index (Phi) is 5.34. The number of nitrogens with one attached hydrogen (secondary N) is 1. The van der Waals surface area contributed by atoms with Crippen molar-refractivity contribution in [3.05, 3.63) is 39.5 Å². The van der Waals surface area contributed by atoms with Crippen LogP contribution in [0.15, 0.2) is 30.3 Å². The minimum Gasteiger partial charge on any atom is -0.351 e. The Labute approximate surface area is 103 Å². The number of rotatable bonds is 4. The zero-order chi connectivity index (χ0) is 11.1. The number of hydrogen-bond donors (Lipinski definition) is 2. The SMILES string of the molecule is NCCNC(=O)/C=C/c1ccccc1I. The van der Waals surface area contributed by atoms with Crippen LogP contribution >= 0.6 is 22.6 Å². The molecule has 0 aliphatic rings. The minimum atomic E-state index is -0.111. The van der Waals surface area contributed by atoms with Gasteiger partial charge in [-0.1, -0.05) is 18.2 Å². The summed E-state index contributed by atoms with van der Waals surface area (Å²) in [6.07, 6.45) is 3.32. The lowest BCUT2D eigenvalue weighted by Gasteiger charge is -1.99. The van der Waals surface area contributed by atoms with E-state index in [-0.39, 0.29) is 5.91 Å². The van der Waals surface area contributed by atoms with E-state index in [1.165, 1.54) is 6.08 Å². The topological polar surface area (TPSA) is 55.1 Å². The molecule has 0 radical (unpaired) electrons. The highest BCUT2D eigenvalue weighted by molar-refractivity contribution is 14.1. The molecule has 0 saturated heterocycles. The summed E-state index contributed by atoms with van der Waals surface area (Å²) in [5.74, 6) is -0.111.